The van der Waals surface area contributed by atoms with Gasteiger partial charge in [0.05, 0.1) is 6.20 Å². The van der Waals surface area contributed by atoms with Crippen LogP contribution in [0.2, 0.25) is 0 Å². The number of nitrogens with zero attached hydrogens (tertiary/aromatic N) is 4. The van der Waals surface area contributed by atoms with Crippen LogP contribution in [0, 0.1) is 11.3 Å². The average Bonchev–Trinajstić information content (AvgIpc) is 3.37. The Bertz CT molecular complexity index is 755. The number of ether oxygens (including phenoxy) is 1. The molecule has 0 radical (unpaired) electrons. The van der Waals surface area contributed by atoms with Gasteiger partial charge in [-0.15, -0.1) is 0 Å². The molecule has 0 aromatic carbocycles. The van der Waals surface area contributed by atoms with Crippen LogP contribution in [0.5, 0.6) is 0 Å². The lowest BCUT2D eigenvalue weighted by Crippen LogP contribution is -2.49. The maximum atomic E-state index is 12.7. The maximum absolute atomic E-state index is 12.7. The lowest BCUT2D eigenvalue weighted by molar-refractivity contribution is -0.308. The van der Waals surface area contributed by atoms with Gasteiger partial charge in [-0.2, -0.15) is 26.3 Å². The molecule has 2 fully saturated rings. The second-order valence-electron chi connectivity index (χ2n) is 7.40. The molecule has 2 amide bonds. The normalized spacial score (nSPS) is 21.5. The van der Waals surface area contributed by atoms with Crippen LogP contribution in [0.25, 0.3) is 0 Å². The van der Waals surface area contributed by atoms with E-state index in [1.54, 1.807) is 6.92 Å². The van der Waals surface area contributed by atoms with Crippen LogP contribution >= 0.6 is 0 Å². The first-order valence-corrected chi connectivity index (χ1v) is 9.28. The lowest BCUT2D eigenvalue weighted by atomic mass is 9.90. The van der Waals surface area contributed by atoms with Crippen LogP contribution in [0.4, 0.5) is 31.1 Å². The molecule has 1 saturated heterocycles. The fourth-order valence-electron chi connectivity index (χ4n) is 3.60. The van der Waals surface area contributed by atoms with Gasteiger partial charge in [-0.25, -0.2) is 9.79 Å². The summed E-state index contributed by atoms with van der Waals surface area (Å²) in [5, 5.41) is 0. The highest BCUT2D eigenvalue weighted by Crippen LogP contribution is 2.60. The summed E-state index contributed by atoms with van der Waals surface area (Å²) in [5.41, 5.74) is -0.462. The van der Waals surface area contributed by atoms with Gasteiger partial charge in [0, 0.05) is 32.3 Å². The number of rotatable bonds is 5. The quantitative estimate of drug-likeness (QED) is 0.467. The molecule has 1 aliphatic heterocycles. The van der Waals surface area contributed by atoms with Crippen LogP contribution in [0.1, 0.15) is 26.2 Å². The molecule has 1 heterocycles. The van der Waals surface area contributed by atoms with Crippen LogP contribution in [-0.2, 0) is 9.53 Å². The van der Waals surface area contributed by atoms with Crippen LogP contribution < -0.4 is 0 Å². The number of likely N-dealkylation sites (tertiary alicyclic amines) is 1. The first kappa shape index (κ1) is 24.7. The van der Waals surface area contributed by atoms with E-state index in [0.29, 0.717) is 6.42 Å². The molecular formula is C18H22F6N4O3. The highest BCUT2D eigenvalue weighted by Gasteiger charge is 2.62. The van der Waals surface area contributed by atoms with E-state index in [9.17, 15) is 35.9 Å². The monoisotopic (exact) mass is 456 g/mol. The number of hydrogen-bond acceptors (Lipinski definition) is 5. The average molecular weight is 456 g/mol. The van der Waals surface area contributed by atoms with Gasteiger partial charge in [0.1, 0.15) is 0 Å². The van der Waals surface area contributed by atoms with Gasteiger partial charge in [0.15, 0.2) is 5.82 Å². The molecule has 0 bridgehead atoms. The number of amides is 2. The third-order valence-corrected chi connectivity index (χ3v) is 5.49. The molecule has 174 valence electrons. The summed E-state index contributed by atoms with van der Waals surface area (Å²) in [7, 11) is 1.50. The third kappa shape index (κ3) is 5.56. The smallest absolute Gasteiger partial charge is 0.426 e. The molecule has 2 aliphatic rings. The van der Waals surface area contributed by atoms with Gasteiger partial charge in [-0.3, -0.25) is 14.7 Å². The molecule has 0 aromatic heterocycles. The second kappa shape index (κ2) is 8.87. The number of carbonyl (C=O) groups excluding carboxylic acids is 2. The largest absolute Gasteiger partial charge is 0.434 e. The van der Waals surface area contributed by atoms with Gasteiger partial charge < -0.3 is 9.64 Å². The first-order valence-electron chi connectivity index (χ1n) is 9.28. The van der Waals surface area contributed by atoms with Crippen LogP contribution in [0.15, 0.2) is 22.0 Å². The summed E-state index contributed by atoms with van der Waals surface area (Å²) >= 11 is 0. The van der Waals surface area contributed by atoms with Gasteiger partial charge >= 0.3 is 18.4 Å². The molecule has 31 heavy (non-hydrogen) atoms. The van der Waals surface area contributed by atoms with Gasteiger partial charge in [-0.05, 0) is 38.3 Å². The number of aliphatic imine (C=N–C) groups is 2. The Balaban J connectivity index is 1.96. The minimum atomic E-state index is -5.77. The van der Waals surface area contributed by atoms with E-state index in [4.69, 9.17) is 0 Å². The Kier molecular flexibility index (Phi) is 7.06. The Morgan fingerprint density at radius 3 is 2.19 bits per heavy atom. The van der Waals surface area contributed by atoms with Crippen molar-refractivity contribution in [3.05, 3.63) is 12.0 Å². The summed E-state index contributed by atoms with van der Waals surface area (Å²) in [5.74, 6) is -0.420. The molecule has 1 unspecified atom stereocenters. The topological polar surface area (TPSA) is 74.6 Å². The van der Waals surface area contributed by atoms with E-state index in [-0.39, 0.29) is 37.7 Å². The molecule has 2 rings (SSSR count). The van der Waals surface area contributed by atoms with Crippen molar-refractivity contribution in [1.29, 1.82) is 0 Å². The van der Waals surface area contributed by atoms with E-state index in [0.717, 1.165) is 4.90 Å². The Labute approximate surface area is 174 Å². The molecule has 1 spiro atoms. The van der Waals surface area contributed by atoms with Crippen molar-refractivity contribution < 1.29 is 40.7 Å². The number of halogens is 6. The minimum absolute atomic E-state index is 0.114. The predicted molar refractivity (Wildman–Crippen MR) is 98.3 cm³/mol. The van der Waals surface area contributed by atoms with Gasteiger partial charge in [-0.1, -0.05) is 0 Å². The molecule has 1 saturated carbocycles. The number of piperidine rings is 1. The molecule has 1 aliphatic carbocycles. The van der Waals surface area contributed by atoms with Crippen molar-refractivity contribution in [3.8, 4) is 0 Å². The highest BCUT2D eigenvalue weighted by molar-refractivity contribution is 5.84. The third-order valence-electron chi connectivity index (χ3n) is 5.49. The molecular weight excluding hydrogens is 434 g/mol. The number of hydrogen-bond donors (Lipinski definition) is 0. The SMILES string of the molecule is C=N/C(=C\N=C/C)N(C)C(=O)C1CC12CCN(C(=O)OC(C(F)(F)F)C(F)(F)F)CC2. The fourth-order valence-corrected chi connectivity index (χ4v) is 3.60. The second-order valence-corrected chi connectivity index (χ2v) is 7.40. The standard InChI is InChI=1S/C18H22F6N4O3/c1-4-26-10-12(25-2)27(3)13(29)11-9-16(11)5-7-28(8-6-16)15(30)31-14(17(19,20)21)18(22,23)24/h4,10-11,14H,2,5-9H2,1,3H3/b12-10+,26-4-. The van der Waals surface area contributed by atoms with Crippen molar-refractivity contribution in [1.82, 2.24) is 9.80 Å². The Morgan fingerprint density at radius 1 is 1.19 bits per heavy atom. The first-order chi connectivity index (χ1) is 14.3. The van der Waals surface area contributed by atoms with E-state index in [1.165, 1.54) is 24.4 Å². The maximum Gasteiger partial charge on any atom is 0.434 e. The van der Waals surface area contributed by atoms with E-state index in [2.05, 4.69) is 21.4 Å². The Hall–Kier alpha value is -2.60. The summed E-state index contributed by atoms with van der Waals surface area (Å²) in [6.07, 6.45) is -13.6. The van der Waals surface area contributed by atoms with Crippen LogP contribution in [-0.4, -0.2) is 73.3 Å². The fraction of sp³-hybridized carbons (Fsp3) is 0.667. The molecule has 0 aromatic rings. The van der Waals surface area contributed by atoms with Crippen molar-refractivity contribution in [2.45, 2.75) is 44.6 Å². The number of carbonyl (C=O) groups is 2. The zero-order valence-electron chi connectivity index (χ0n) is 16.8. The van der Waals surface area contributed by atoms with Crippen molar-refractivity contribution in [2.24, 2.45) is 21.3 Å². The van der Waals surface area contributed by atoms with Gasteiger partial charge in [0.25, 0.3) is 6.10 Å². The van der Waals surface area contributed by atoms with Crippen molar-refractivity contribution >= 4 is 24.9 Å². The zero-order valence-corrected chi connectivity index (χ0v) is 16.8. The molecule has 1 atom stereocenters. The molecule has 7 nitrogen and oxygen atoms in total. The zero-order chi connectivity index (χ0) is 23.6. The van der Waals surface area contributed by atoms with E-state index in [1.807, 2.05) is 0 Å². The van der Waals surface area contributed by atoms with Gasteiger partial charge in [0.2, 0.25) is 5.91 Å². The lowest BCUT2D eigenvalue weighted by Gasteiger charge is -2.34. The predicted octanol–water partition coefficient (Wildman–Crippen LogP) is 3.77. The summed E-state index contributed by atoms with van der Waals surface area (Å²) in [6.45, 7) is 4.84. The van der Waals surface area contributed by atoms with E-state index >= 15 is 0 Å². The minimum Gasteiger partial charge on any atom is -0.426 e. The molecule has 13 heteroatoms. The van der Waals surface area contributed by atoms with Crippen LogP contribution in [0.3, 0.4) is 0 Å². The Morgan fingerprint density at radius 2 is 1.74 bits per heavy atom. The highest BCUT2D eigenvalue weighted by atomic mass is 19.4. The summed E-state index contributed by atoms with van der Waals surface area (Å²) < 4.78 is 79.2. The van der Waals surface area contributed by atoms with E-state index < -0.39 is 35.9 Å². The summed E-state index contributed by atoms with van der Waals surface area (Å²) in [4.78, 5) is 34.3. The number of alkyl halides is 6. The van der Waals surface area contributed by atoms with Crippen molar-refractivity contribution in [2.75, 3.05) is 20.1 Å². The molecule has 0 N–H and O–H groups in total. The summed E-state index contributed by atoms with van der Waals surface area (Å²) in [6, 6.07) is 0. The van der Waals surface area contributed by atoms with Crippen molar-refractivity contribution in [3.63, 3.8) is 0 Å².